The largest absolute Gasteiger partial charge is 0.326 e. The molecule has 0 saturated carbocycles. The smallest absolute Gasteiger partial charge is 0.221 e. The van der Waals surface area contributed by atoms with Gasteiger partial charge in [0.1, 0.15) is 0 Å². The van der Waals surface area contributed by atoms with Crippen LogP contribution in [-0.4, -0.2) is 5.91 Å². The first-order chi connectivity index (χ1) is 21.1. The Balaban J connectivity index is 0.00000121. The topological polar surface area (TPSA) is 32.3 Å². The molecule has 5 aromatic carbocycles. The number of para-hydroxylation sites is 2. The molecular weight excluding hydrogens is 524 g/mol. The summed E-state index contributed by atoms with van der Waals surface area (Å²) < 4.78 is 0. The van der Waals surface area contributed by atoms with Crippen molar-refractivity contribution in [2.24, 2.45) is 0 Å². The Kier molecular flexibility index (Phi) is 13.3. The van der Waals surface area contributed by atoms with Gasteiger partial charge in [-0.1, -0.05) is 137 Å². The van der Waals surface area contributed by atoms with Gasteiger partial charge in [-0.3, -0.25) is 4.79 Å². The van der Waals surface area contributed by atoms with Crippen LogP contribution in [0.5, 0.6) is 0 Å². The van der Waals surface area contributed by atoms with Crippen molar-refractivity contribution >= 4 is 53.0 Å². The first-order valence-electron chi connectivity index (χ1n) is 15.0. The van der Waals surface area contributed by atoms with Crippen LogP contribution in [0.1, 0.15) is 56.9 Å². The van der Waals surface area contributed by atoms with Gasteiger partial charge in [-0.15, -0.1) is 0 Å². The normalized spacial score (nSPS) is 10.3. The van der Waals surface area contributed by atoms with E-state index < -0.39 is 0 Å². The van der Waals surface area contributed by atoms with Crippen molar-refractivity contribution in [2.75, 3.05) is 10.2 Å². The van der Waals surface area contributed by atoms with Gasteiger partial charge in [0.25, 0.3) is 0 Å². The SMILES string of the molecule is CC.CC.CC(=O)Nc1ccc(/C=C/c2ccc(/C=C/c3ccc(N(c4ccccc4)c4ccccc4)cc3)cc2)cc1. The Morgan fingerprint density at radius 2 is 0.767 bits per heavy atom. The summed E-state index contributed by atoms with van der Waals surface area (Å²) in [5.41, 5.74) is 8.67. The molecule has 0 aliphatic rings. The van der Waals surface area contributed by atoms with E-state index in [1.165, 1.54) is 6.92 Å². The lowest BCUT2D eigenvalue weighted by Gasteiger charge is -2.25. The lowest BCUT2D eigenvalue weighted by Crippen LogP contribution is -2.09. The van der Waals surface area contributed by atoms with Crippen molar-refractivity contribution in [1.82, 2.24) is 0 Å². The van der Waals surface area contributed by atoms with E-state index >= 15 is 0 Å². The van der Waals surface area contributed by atoms with E-state index in [-0.39, 0.29) is 5.91 Å². The van der Waals surface area contributed by atoms with E-state index in [0.29, 0.717) is 0 Å². The van der Waals surface area contributed by atoms with Crippen LogP contribution in [0.15, 0.2) is 133 Å². The summed E-state index contributed by atoms with van der Waals surface area (Å²) >= 11 is 0. The Bertz CT molecular complexity index is 1510. The lowest BCUT2D eigenvalue weighted by atomic mass is 10.1. The highest BCUT2D eigenvalue weighted by atomic mass is 16.1. The van der Waals surface area contributed by atoms with Crippen LogP contribution in [0.2, 0.25) is 0 Å². The van der Waals surface area contributed by atoms with E-state index in [0.717, 1.165) is 45.0 Å². The highest BCUT2D eigenvalue weighted by molar-refractivity contribution is 5.88. The molecule has 0 aromatic heterocycles. The maximum atomic E-state index is 11.2. The fourth-order valence-electron chi connectivity index (χ4n) is 4.32. The molecule has 218 valence electrons. The van der Waals surface area contributed by atoms with Crippen LogP contribution in [0.4, 0.5) is 22.7 Å². The average Bonchev–Trinajstić information content (AvgIpc) is 3.07. The van der Waals surface area contributed by atoms with Crippen molar-refractivity contribution in [3.63, 3.8) is 0 Å². The number of benzene rings is 5. The molecule has 1 amide bonds. The summed E-state index contributed by atoms with van der Waals surface area (Å²) in [6, 6.07) is 45.7. The van der Waals surface area contributed by atoms with Crippen molar-refractivity contribution in [1.29, 1.82) is 0 Å². The summed E-state index contributed by atoms with van der Waals surface area (Å²) in [5.74, 6) is -0.0674. The summed E-state index contributed by atoms with van der Waals surface area (Å²) in [7, 11) is 0. The summed E-state index contributed by atoms with van der Waals surface area (Å²) in [6.45, 7) is 9.51. The maximum Gasteiger partial charge on any atom is 0.221 e. The number of carbonyl (C=O) groups is 1. The fraction of sp³-hybridized carbons (Fsp3) is 0.125. The Morgan fingerprint density at radius 3 is 1.12 bits per heavy atom. The molecule has 0 bridgehead atoms. The zero-order valence-electron chi connectivity index (χ0n) is 25.9. The molecule has 1 N–H and O–H groups in total. The Labute approximate surface area is 257 Å². The molecule has 3 heteroatoms. The van der Waals surface area contributed by atoms with Crippen molar-refractivity contribution in [3.8, 4) is 0 Å². The molecule has 0 atom stereocenters. The van der Waals surface area contributed by atoms with Gasteiger partial charge >= 0.3 is 0 Å². The van der Waals surface area contributed by atoms with Gasteiger partial charge in [0, 0.05) is 29.7 Å². The predicted octanol–water partition coefficient (Wildman–Crippen LogP) is 11.5. The molecule has 0 fully saturated rings. The van der Waals surface area contributed by atoms with Crippen molar-refractivity contribution < 1.29 is 4.79 Å². The predicted molar refractivity (Wildman–Crippen MR) is 189 cm³/mol. The molecule has 0 spiro atoms. The van der Waals surface area contributed by atoms with Crippen LogP contribution in [0.25, 0.3) is 24.3 Å². The number of anilines is 4. The van der Waals surface area contributed by atoms with Gasteiger partial charge in [0.2, 0.25) is 5.91 Å². The second-order valence-electron chi connectivity index (χ2n) is 9.23. The number of hydrogen-bond acceptors (Lipinski definition) is 2. The fourth-order valence-corrected chi connectivity index (χ4v) is 4.32. The average molecular weight is 567 g/mol. The van der Waals surface area contributed by atoms with Crippen LogP contribution in [0.3, 0.4) is 0 Å². The van der Waals surface area contributed by atoms with E-state index in [9.17, 15) is 4.79 Å². The van der Waals surface area contributed by atoms with Crippen molar-refractivity contribution in [3.05, 3.63) is 156 Å². The highest BCUT2D eigenvalue weighted by Crippen LogP contribution is 2.34. The molecule has 0 saturated heterocycles. The Morgan fingerprint density at radius 1 is 0.465 bits per heavy atom. The molecule has 0 aliphatic heterocycles. The number of nitrogens with one attached hydrogen (secondary N) is 1. The minimum Gasteiger partial charge on any atom is -0.326 e. The molecule has 0 aliphatic carbocycles. The van der Waals surface area contributed by atoms with Crippen LogP contribution in [0, 0.1) is 0 Å². The van der Waals surface area contributed by atoms with Gasteiger partial charge in [0.15, 0.2) is 0 Å². The van der Waals surface area contributed by atoms with Crippen LogP contribution in [-0.2, 0) is 4.79 Å². The zero-order chi connectivity index (χ0) is 30.9. The number of hydrogen-bond donors (Lipinski definition) is 1. The molecule has 0 unspecified atom stereocenters. The van der Waals surface area contributed by atoms with E-state index in [4.69, 9.17) is 0 Å². The molecule has 5 aromatic rings. The zero-order valence-corrected chi connectivity index (χ0v) is 25.9. The van der Waals surface area contributed by atoms with Gasteiger partial charge in [-0.2, -0.15) is 0 Å². The lowest BCUT2D eigenvalue weighted by molar-refractivity contribution is -0.114. The minimum absolute atomic E-state index is 0.0674. The van der Waals surface area contributed by atoms with Gasteiger partial charge < -0.3 is 10.2 Å². The van der Waals surface area contributed by atoms with E-state index in [2.05, 4.69) is 132 Å². The molecule has 5 rings (SSSR count). The molecule has 0 radical (unpaired) electrons. The first-order valence-corrected chi connectivity index (χ1v) is 15.0. The third-order valence-electron chi connectivity index (χ3n) is 6.28. The highest BCUT2D eigenvalue weighted by Gasteiger charge is 2.11. The van der Waals surface area contributed by atoms with Crippen molar-refractivity contribution in [2.45, 2.75) is 34.6 Å². The second kappa shape index (κ2) is 17.6. The third kappa shape index (κ3) is 10.0. The number of carbonyl (C=O) groups excluding carboxylic acids is 1. The van der Waals surface area contributed by atoms with Gasteiger partial charge in [-0.05, 0) is 70.8 Å². The number of nitrogens with zero attached hydrogens (tertiary/aromatic N) is 1. The quantitative estimate of drug-likeness (QED) is 0.189. The van der Waals surface area contributed by atoms with Crippen LogP contribution >= 0.6 is 0 Å². The van der Waals surface area contributed by atoms with E-state index in [1.807, 2.05) is 64.1 Å². The van der Waals surface area contributed by atoms with Crippen LogP contribution < -0.4 is 10.2 Å². The monoisotopic (exact) mass is 566 g/mol. The number of rotatable bonds is 8. The summed E-state index contributed by atoms with van der Waals surface area (Å²) in [6.07, 6.45) is 8.43. The first kappa shape index (κ1) is 32.4. The van der Waals surface area contributed by atoms with E-state index in [1.54, 1.807) is 0 Å². The molecule has 3 nitrogen and oxygen atoms in total. The Hall–Kier alpha value is -5.15. The molecule has 43 heavy (non-hydrogen) atoms. The molecular formula is C40H42N2O. The van der Waals surface area contributed by atoms with Gasteiger partial charge in [0.05, 0.1) is 0 Å². The number of amides is 1. The third-order valence-corrected chi connectivity index (χ3v) is 6.28. The second-order valence-corrected chi connectivity index (χ2v) is 9.23. The molecule has 0 heterocycles. The standard InChI is InChI=1S/C36H30N2O.2C2H6/c1-28(39)37-33-24-20-31(21-25-33)18-16-29-12-14-30(15-13-29)17-19-32-22-26-36(27-23-32)38(34-8-4-2-5-9-34)35-10-6-3-7-11-35;2*1-2/h2-27H,1H3,(H,37,39);2*1-2H3/b18-16+,19-17+;;. The summed E-state index contributed by atoms with van der Waals surface area (Å²) in [5, 5.41) is 2.79. The maximum absolute atomic E-state index is 11.2. The summed E-state index contributed by atoms with van der Waals surface area (Å²) in [4.78, 5) is 13.4. The minimum atomic E-state index is -0.0674. The van der Waals surface area contributed by atoms with Gasteiger partial charge in [-0.25, -0.2) is 0 Å².